The van der Waals surface area contributed by atoms with Crippen molar-refractivity contribution in [3.63, 3.8) is 0 Å². The number of rotatable bonds is 9. The number of carbonyl (C=O) groups is 1. The SMILES string of the molecule is Cn1c(C[N+](C)(C)C/C=C/C(=O)Nc2ccc3ncnc(Nc4cccc(Br)c4)c3c2)cnc1[N+](=O)[O-].[Br-]. The lowest BCUT2D eigenvalue weighted by atomic mass is 10.2. The van der Waals surface area contributed by atoms with Crippen LogP contribution in [-0.4, -0.2) is 55.5 Å². The molecule has 0 saturated heterocycles. The normalized spacial score (nSPS) is 11.4. The average molecular weight is 646 g/mol. The number of imidazole rings is 1. The number of likely N-dealkylation sites (N-methyl/N-ethyl adjacent to an activating group) is 1. The standard InChI is InChI=1S/C25H25BrN8O3.BrH/c1-32-20(14-27-25(32)33(36)37)15-34(2,3)11-5-8-23(35)30-19-9-10-22-21(13-19)24(29-16-28-22)31-18-7-4-6-17(26)12-18;/h4-10,12-14,16H,11,15H2,1-3H3,(H-,28,29,30,31,35);1H/b8-5+;. The largest absolute Gasteiger partial charge is 1.00 e. The Morgan fingerprint density at radius 1 is 1.16 bits per heavy atom. The summed E-state index contributed by atoms with van der Waals surface area (Å²) in [4.78, 5) is 35.7. The molecule has 0 bridgehead atoms. The molecule has 1 amide bonds. The fourth-order valence-corrected chi connectivity index (χ4v) is 4.22. The summed E-state index contributed by atoms with van der Waals surface area (Å²) in [7, 11) is 5.58. The number of hydrogen-bond donors (Lipinski definition) is 2. The Morgan fingerprint density at radius 2 is 1.95 bits per heavy atom. The van der Waals surface area contributed by atoms with Crippen molar-refractivity contribution in [2.45, 2.75) is 6.54 Å². The maximum atomic E-state index is 12.6. The molecule has 0 unspecified atom stereocenters. The molecule has 198 valence electrons. The summed E-state index contributed by atoms with van der Waals surface area (Å²) in [6.45, 7) is 1.06. The van der Waals surface area contributed by atoms with Crippen LogP contribution in [0.3, 0.4) is 0 Å². The van der Waals surface area contributed by atoms with Gasteiger partial charge in [-0.05, 0) is 47.4 Å². The quantitative estimate of drug-likeness (QED) is 0.122. The van der Waals surface area contributed by atoms with Crippen LogP contribution < -0.4 is 27.6 Å². The van der Waals surface area contributed by atoms with Gasteiger partial charge in [0.2, 0.25) is 5.91 Å². The number of nitro groups is 1. The molecule has 2 heterocycles. The Labute approximate surface area is 238 Å². The van der Waals surface area contributed by atoms with E-state index in [9.17, 15) is 14.9 Å². The highest BCUT2D eigenvalue weighted by atomic mass is 79.9. The van der Waals surface area contributed by atoms with E-state index in [-0.39, 0.29) is 28.8 Å². The molecule has 0 aliphatic rings. The van der Waals surface area contributed by atoms with Gasteiger partial charge in [-0.15, -0.1) is 0 Å². The van der Waals surface area contributed by atoms with Crippen molar-refractivity contribution in [3.8, 4) is 0 Å². The molecule has 0 aliphatic carbocycles. The monoisotopic (exact) mass is 644 g/mol. The summed E-state index contributed by atoms with van der Waals surface area (Å²) >= 11 is 3.47. The highest BCUT2D eigenvalue weighted by molar-refractivity contribution is 9.10. The van der Waals surface area contributed by atoms with Crippen LogP contribution in [0.4, 0.5) is 23.1 Å². The summed E-state index contributed by atoms with van der Waals surface area (Å²) < 4.78 is 2.90. The van der Waals surface area contributed by atoms with Gasteiger partial charge in [0.05, 0.1) is 33.2 Å². The van der Waals surface area contributed by atoms with E-state index in [0.717, 1.165) is 26.8 Å². The van der Waals surface area contributed by atoms with E-state index < -0.39 is 4.92 Å². The number of nitrogens with one attached hydrogen (secondary N) is 2. The smallest absolute Gasteiger partial charge is 0.434 e. The second-order valence-corrected chi connectivity index (χ2v) is 10.0. The molecule has 0 saturated carbocycles. The predicted molar refractivity (Wildman–Crippen MR) is 145 cm³/mol. The molecule has 4 rings (SSSR count). The summed E-state index contributed by atoms with van der Waals surface area (Å²) in [5.74, 6) is 0.166. The van der Waals surface area contributed by atoms with Crippen molar-refractivity contribution in [1.29, 1.82) is 0 Å². The molecular weight excluding hydrogens is 620 g/mol. The molecule has 2 aromatic carbocycles. The van der Waals surface area contributed by atoms with Crippen LogP contribution in [0, 0.1) is 10.1 Å². The van der Waals surface area contributed by atoms with Crippen LogP contribution in [0.25, 0.3) is 10.9 Å². The second kappa shape index (κ2) is 12.2. The highest BCUT2D eigenvalue weighted by Crippen LogP contribution is 2.27. The minimum atomic E-state index is -0.508. The van der Waals surface area contributed by atoms with E-state index >= 15 is 0 Å². The Balaban J connectivity index is 0.00000400. The highest BCUT2D eigenvalue weighted by Gasteiger charge is 2.24. The number of halogens is 2. The van der Waals surface area contributed by atoms with Crippen molar-refractivity contribution in [2.24, 2.45) is 7.05 Å². The zero-order valence-electron chi connectivity index (χ0n) is 20.9. The van der Waals surface area contributed by atoms with Gasteiger partial charge in [0.1, 0.15) is 24.9 Å². The molecule has 11 nitrogen and oxygen atoms in total. The lowest BCUT2D eigenvalue weighted by Gasteiger charge is -2.27. The first-order chi connectivity index (χ1) is 17.6. The van der Waals surface area contributed by atoms with E-state index in [4.69, 9.17) is 0 Å². The molecular formula is C25H26Br2N8O3. The Hall–Kier alpha value is -3.68. The summed E-state index contributed by atoms with van der Waals surface area (Å²) in [5.41, 5.74) is 2.97. The number of anilines is 3. The zero-order chi connectivity index (χ0) is 26.6. The number of carbonyl (C=O) groups excluding carboxylic acids is 1. The fraction of sp³-hybridized carbons (Fsp3) is 0.200. The average Bonchev–Trinajstić information content (AvgIpc) is 3.19. The van der Waals surface area contributed by atoms with E-state index in [1.165, 1.54) is 23.2 Å². The Kier molecular flexibility index (Phi) is 9.31. The fourth-order valence-electron chi connectivity index (χ4n) is 3.82. The van der Waals surface area contributed by atoms with Crippen molar-refractivity contribution >= 4 is 55.9 Å². The van der Waals surface area contributed by atoms with Crippen molar-refractivity contribution < 1.29 is 31.2 Å². The molecule has 0 atom stereocenters. The van der Waals surface area contributed by atoms with Crippen molar-refractivity contribution in [3.05, 3.63) is 87.4 Å². The zero-order valence-corrected chi connectivity index (χ0v) is 24.1. The van der Waals surface area contributed by atoms with Gasteiger partial charge in [-0.25, -0.2) is 14.5 Å². The van der Waals surface area contributed by atoms with Crippen LogP contribution in [-0.2, 0) is 18.4 Å². The second-order valence-electron chi connectivity index (χ2n) is 9.12. The number of hydrogen-bond acceptors (Lipinski definition) is 7. The third-order valence-electron chi connectivity index (χ3n) is 5.67. The van der Waals surface area contributed by atoms with Gasteiger partial charge in [0, 0.05) is 27.3 Å². The van der Waals surface area contributed by atoms with E-state index in [2.05, 4.69) is 41.5 Å². The van der Waals surface area contributed by atoms with Crippen LogP contribution >= 0.6 is 15.9 Å². The number of fused-ring (bicyclic) bond motifs is 1. The minimum Gasteiger partial charge on any atom is -1.00 e. The third kappa shape index (κ3) is 7.21. The molecule has 13 heteroatoms. The van der Waals surface area contributed by atoms with Gasteiger partial charge in [-0.2, -0.15) is 0 Å². The van der Waals surface area contributed by atoms with Crippen molar-refractivity contribution in [2.75, 3.05) is 31.3 Å². The maximum Gasteiger partial charge on any atom is 0.434 e. The number of quaternary nitrogens is 1. The molecule has 0 radical (unpaired) electrons. The number of aromatic nitrogens is 4. The van der Waals surface area contributed by atoms with Crippen LogP contribution in [0.15, 0.2) is 71.6 Å². The molecule has 0 fully saturated rings. The molecule has 0 aliphatic heterocycles. The molecule has 38 heavy (non-hydrogen) atoms. The van der Waals surface area contributed by atoms with Crippen LogP contribution in [0.2, 0.25) is 0 Å². The number of amides is 1. The predicted octanol–water partition coefficient (Wildman–Crippen LogP) is 1.55. The first kappa shape index (κ1) is 28.9. The van der Waals surface area contributed by atoms with Gasteiger partial charge in [-0.3, -0.25) is 4.79 Å². The summed E-state index contributed by atoms with van der Waals surface area (Å²) in [6, 6.07) is 13.2. The summed E-state index contributed by atoms with van der Waals surface area (Å²) in [5, 5.41) is 18.0. The lowest BCUT2D eigenvalue weighted by molar-refractivity contribution is -0.898. The first-order valence-corrected chi connectivity index (χ1v) is 12.1. The Bertz CT molecular complexity index is 1500. The third-order valence-corrected chi connectivity index (χ3v) is 6.17. The van der Waals surface area contributed by atoms with Gasteiger partial charge in [0.25, 0.3) is 0 Å². The lowest BCUT2D eigenvalue weighted by Crippen LogP contribution is -3.00. The van der Waals surface area contributed by atoms with Crippen LogP contribution in [0.5, 0.6) is 0 Å². The number of nitrogens with zero attached hydrogens (tertiary/aromatic N) is 6. The van der Waals surface area contributed by atoms with Gasteiger partial charge in [0.15, 0.2) is 5.69 Å². The topological polar surface area (TPSA) is 128 Å². The van der Waals surface area contributed by atoms with Crippen molar-refractivity contribution in [1.82, 2.24) is 19.5 Å². The van der Waals surface area contributed by atoms with E-state index in [1.807, 2.05) is 50.5 Å². The number of benzene rings is 2. The van der Waals surface area contributed by atoms with Gasteiger partial charge in [-0.1, -0.05) is 27.0 Å². The van der Waals surface area contributed by atoms with E-state index in [1.54, 1.807) is 19.2 Å². The molecule has 2 N–H and O–H groups in total. The molecule has 0 spiro atoms. The first-order valence-electron chi connectivity index (χ1n) is 11.3. The van der Waals surface area contributed by atoms with E-state index in [0.29, 0.717) is 29.1 Å². The molecule has 2 aromatic heterocycles. The molecule has 4 aromatic rings. The minimum absolute atomic E-state index is 0. The van der Waals surface area contributed by atoms with Gasteiger partial charge >= 0.3 is 5.95 Å². The maximum absolute atomic E-state index is 12.6. The Morgan fingerprint density at radius 3 is 2.66 bits per heavy atom. The van der Waals surface area contributed by atoms with Crippen LogP contribution in [0.1, 0.15) is 5.69 Å². The van der Waals surface area contributed by atoms with Gasteiger partial charge < -0.3 is 42.2 Å². The summed E-state index contributed by atoms with van der Waals surface area (Å²) in [6.07, 6.45) is 6.27.